The van der Waals surface area contributed by atoms with Gasteiger partial charge >= 0.3 is 0 Å². The number of methoxy groups -OCH3 is 1. The van der Waals surface area contributed by atoms with E-state index in [1.165, 1.54) is 0 Å². The van der Waals surface area contributed by atoms with E-state index in [9.17, 15) is 4.79 Å². The molecular weight excluding hydrogens is 358 g/mol. The molecule has 146 valence electrons. The Kier molecular flexibility index (Phi) is 5.21. The first-order chi connectivity index (χ1) is 13.7. The van der Waals surface area contributed by atoms with E-state index in [1.807, 2.05) is 42.2 Å². The Labute approximate surface area is 163 Å². The van der Waals surface area contributed by atoms with Gasteiger partial charge in [0.25, 0.3) is 5.91 Å². The summed E-state index contributed by atoms with van der Waals surface area (Å²) in [5, 5.41) is 12.7. The molecule has 8 heteroatoms. The molecular formula is C20H23N5O3. The normalized spacial score (nSPS) is 19.3. The minimum Gasteiger partial charge on any atom is -0.420 e. The molecule has 0 saturated carbocycles. The average Bonchev–Trinajstić information content (AvgIpc) is 3.47. The van der Waals surface area contributed by atoms with E-state index in [2.05, 4.69) is 15.3 Å². The number of rotatable bonds is 6. The van der Waals surface area contributed by atoms with Crippen LogP contribution in [0.15, 0.2) is 47.0 Å². The molecule has 0 radical (unpaired) electrons. The number of aryl methyl sites for hydroxylation is 1. The van der Waals surface area contributed by atoms with E-state index < -0.39 is 0 Å². The Hall–Kier alpha value is -3.00. The monoisotopic (exact) mass is 381 g/mol. The highest BCUT2D eigenvalue weighted by molar-refractivity contribution is 5.92. The maximum absolute atomic E-state index is 13.0. The fourth-order valence-electron chi connectivity index (χ4n) is 3.71. The Morgan fingerprint density at radius 1 is 1.21 bits per heavy atom. The zero-order valence-corrected chi connectivity index (χ0v) is 16.0. The number of benzene rings is 1. The van der Waals surface area contributed by atoms with E-state index in [0.717, 1.165) is 5.56 Å². The second-order valence-corrected chi connectivity index (χ2v) is 6.88. The number of ether oxygens (including phenoxy) is 1. The van der Waals surface area contributed by atoms with Crippen molar-refractivity contribution in [1.82, 2.24) is 24.9 Å². The molecule has 0 aliphatic carbocycles. The van der Waals surface area contributed by atoms with Crippen LogP contribution in [0.5, 0.6) is 0 Å². The molecule has 2 aromatic heterocycles. The highest BCUT2D eigenvalue weighted by Crippen LogP contribution is 2.34. The van der Waals surface area contributed by atoms with E-state index in [4.69, 9.17) is 9.15 Å². The lowest BCUT2D eigenvalue weighted by atomic mass is 9.97. The van der Waals surface area contributed by atoms with Gasteiger partial charge in [-0.2, -0.15) is 5.10 Å². The number of hydrogen-bond donors (Lipinski definition) is 0. The summed E-state index contributed by atoms with van der Waals surface area (Å²) in [5.74, 6) is 1.02. The lowest BCUT2D eigenvalue weighted by Crippen LogP contribution is -2.31. The second-order valence-electron chi connectivity index (χ2n) is 6.88. The zero-order chi connectivity index (χ0) is 19.5. The van der Waals surface area contributed by atoms with E-state index in [1.54, 1.807) is 24.1 Å². The predicted molar refractivity (Wildman–Crippen MR) is 102 cm³/mol. The molecule has 1 amide bonds. The van der Waals surface area contributed by atoms with Crippen LogP contribution in [0, 0.1) is 5.92 Å². The Morgan fingerprint density at radius 2 is 2.04 bits per heavy atom. The van der Waals surface area contributed by atoms with Gasteiger partial charge in [0.15, 0.2) is 0 Å². The summed E-state index contributed by atoms with van der Waals surface area (Å²) in [5.41, 5.74) is 1.47. The standard InChI is InChI=1S/C20H23N5O3/c1-3-25-17(9-10-21-25)20(26)24-11-15(13-27-2)16(12-24)19-23-22-18(28-19)14-7-5-4-6-8-14/h4-10,15-16H,3,11-13H2,1-2H3/t15-,16+/m0/s1. The van der Waals surface area contributed by atoms with Gasteiger partial charge in [-0.25, -0.2) is 0 Å². The summed E-state index contributed by atoms with van der Waals surface area (Å²) in [6.07, 6.45) is 1.65. The molecule has 28 heavy (non-hydrogen) atoms. The topological polar surface area (TPSA) is 86.3 Å². The van der Waals surface area contributed by atoms with Crippen LogP contribution in [-0.2, 0) is 11.3 Å². The van der Waals surface area contributed by atoms with Crippen molar-refractivity contribution in [2.75, 3.05) is 26.8 Å². The lowest BCUT2D eigenvalue weighted by molar-refractivity contribution is 0.0763. The van der Waals surface area contributed by atoms with Gasteiger partial charge in [-0.3, -0.25) is 9.48 Å². The van der Waals surface area contributed by atoms with Crippen molar-refractivity contribution in [3.63, 3.8) is 0 Å². The fourth-order valence-corrected chi connectivity index (χ4v) is 3.71. The Balaban J connectivity index is 1.57. The van der Waals surface area contributed by atoms with Crippen molar-refractivity contribution in [3.8, 4) is 11.5 Å². The molecule has 1 saturated heterocycles. The van der Waals surface area contributed by atoms with Gasteiger partial charge in [-0.1, -0.05) is 18.2 Å². The van der Waals surface area contributed by atoms with Crippen LogP contribution in [0.2, 0.25) is 0 Å². The van der Waals surface area contributed by atoms with Crippen LogP contribution in [0.4, 0.5) is 0 Å². The lowest BCUT2D eigenvalue weighted by Gasteiger charge is -2.16. The maximum atomic E-state index is 13.0. The molecule has 8 nitrogen and oxygen atoms in total. The van der Waals surface area contributed by atoms with Gasteiger partial charge in [-0.15, -0.1) is 10.2 Å². The van der Waals surface area contributed by atoms with Crippen LogP contribution in [-0.4, -0.2) is 57.6 Å². The third-order valence-electron chi connectivity index (χ3n) is 5.12. The van der Waals surface area contributed by atoms with Crippen LogP contribution in [0.3, 0.4) is 0 Å². The van der Waals surface area contributed by atoms with Crippen LogP contribution >= 0.6 is 0 Å². The zero-order valence-electron chi connectivity index (χ0n) is 16.0. The summed E-state index contributed by atoms with van der Waals surface area (Å²) in [6, 6.07) is 11.4. The SMILES string of the molecule is CCn1nccc1C(=O)N1C[C@@H](COC)[C@H](c2nnc(-c3ccccc3)o2)C1. The van der Waals surface area contributed by atoms with Crippen molar-refractivity contribution in [2.24, 2.45) is 5.92 Å². The van der Waals surface area contributed by atoms with Gasteiger partial charge in [0.2, 0.25) is 11.8 Å². The Bertz CT molecular complexity index is 936. The van der Waals surface area contributed by atoms with E-state index in [-0.39, 0.29) is 17.7 Å². The molecule has 1 aliphatic heterocycles. The molecule has 3 heterocycles. The van der Waals surface area contributed by atoms with Crippen molar-refractivity contribution in [2.45, 2.75) is 19.4 Å². The smallest absolute Gasteiger partial charge is 0.272 e. The summed E-state index contributed by atoms with van der Waals surface area (Å²) in [7, 11) is 1.66. The number of nitrogens with zero attached hydrogens (tertiary/aromatic N) is 5. The molecule has 1 aliphatic rings. The first-order valence-electron chi connectivity index (χ1n) is 9.40. The molecule has 2 atom stereocenters. The summed E-state index contributed by atoms with van der Waals surface area (Å²) >= 11 is 0. The minimum absolute atomic E-state index is 0.0363. The Morgan fingerprint density at radius 3 is 2.79 bits per heavy atom. The predicted octanol–water partition coefficient (Wildman–Crippen LogP) is 2.46. The maximum Gasteiger partial charge on any atom is 0.272 e. The molecule has 1 fully saturated rings. The van der Waals surface area contributed by atoms with Gasteiger partial charge in [0.1, 0.15) is 5.69 Å². The first-order valence-corrected chi connectivity index (χ1v) is 9.40. The number of carbonyl (C=O) groups is 1. The first kappa shape index (κ1) is 18.4. The highest BCUT2D eigenvalue weighted by Gasteiger charge is 2.40. The van der Waals surface area contributed by atoms with Crippen LogP contribution < -0.4 is 0 Å². The number of amides is 1. The van der Waals surface area contributed by atoms with Gasteiger partial charge in [0, 0.05) is 44.4 Å². The molecule has 0 N–H and O–H groups in total. The van der Waals surface area contributed by atoms with Gasteiger partial charge < -0.3 is 14.1 Å². The number of aromatic nitrogens is 4. The van der Waals surface area contributed by atoms with Crippen molar-refractivity contribution in [3.05, 3.63) is 54.2 Å². The van der Waals surface area contributed by atoms with Crippen LogP contribution in [0.1, 0.15) is 29.2 Å². The molecule has 0 spiro atoms. The largest absolute Gasteiger partial charge is 0.420 e. The van der Waals surface area contributed by atoms with E-state index >= 15 is 0 Å². The molecule has 0 bridgehead atoms. The summed E-state index contributed by atoms with van der Waals surface area (Å²) in [4.78, 5) is 14.8. The van der Waals surface area contributed by atoms with Crippen molar-refractivity contribution >= 4 is 5.91 Å². The molecule has 0 unspecified atom stereocenters. The third kappa shape index (κ3) is 3.43. The number of carbonyl (C=O) groups excluding carboxylic acids is 1. The average molecular weight is 381 g/mol. The minimum atomic E-state index is -0.0631. The van der Waals surface area contributed by atoms with Crippen molar-refractivity contribution < 1.29 is 13.9 Å². The third-order valence-corrected chi connectivity index (χ3v) is 5.12. The summed E-state index contributed by atoms with van der Waals surface area (Å²) < 4.78 is 13.1. The quantitative estimate of drug-likeness (QED) is 0.652. The number of likely N-dealkylation sites (tertiary alicyclic amines) is 1. The van der Waals surface area contributed by atoms with Gasteiger partial charge in [0.05, 0.1) is 12.5 Å². The fraction of sp³-hybridized carbons (Fsp3) is 0.400. The van der Waals surface area contributed by atoms with Crippen molar-refractivity contribution in [1.29, 1.82) is 0 Å². The molecule has 1 aromatic carbocycles. The second kappa shape index (κ2) is 7.93. The van der Waals surface area contributed by atoms with Gasteiger partial charge in [-0.05, 0) is 25.1 Å². The molecule has 4 rings (SSSR count). The van der Waals surface area contributed by atoms with E-state index in [0.29, 0.717) is 43.7 Å². The number of hydrogen-bond acceptors (Lipinski definition) is 6. The highest BCUT2D eigenvalue weighted by atomic mass is 16.5. The summed E-state index contributed by atoms with van der Waals surface area (Å²) in [6.45, 7) is 4.22. The van der Waals surface area contributed by atoms with Crippen LogP contribution in [0.25, 0.3) is 11.5 Å². The molecule has 3 aromatic rings.